The summed E-state index contributed by atoms with van der Waals surface area (Å²) in [4.78, 5) is 29.9. The third kappa shape index (κ3) is 2.49. The van der Waals surface area contributed by atoms with Gasteiger partial charge < -0.3 is 14.8 Å². The molecule has 2 aromatic heterocycles. The highest BCUT2D eigenvalue weighted by Crippen LogP contribution is 2.21. The van der Waals surface area contributed by atoms with Gasteiger partial charge in [0, 0.05) is 25.7 Å². The number of hydrazone groups is 1. The highest BCUT2D eigenvalue weighted by atomic mass is 16.3. The third-order valence-electron chi connectivity index (χ3n) is 3.52. The molecule has 0 unspecified atom stereocenters. The number of nitrogens with one attached hydrogen (secondary N) is 2. The van der Waals surface area contributed by atoms with Gasteiger partial charge in [0.2, 0.25) is 5.95 Å². The summed E-state index contributed by atoms with van der Waals surface area (Å²) < 4.78 is 2.68. The van der Waals surface area contributed by atoms with E-state index in [1.165, 1.54) is 40.6 Å². The maximum atomic E-state index is 11.9. The number of anilines is 1. The molecule has 0 radical (unpaired) electrons. The van der Waals surface area contributed by atoms with E-state index in [9.17, 15) is 19.8 Å². The van der Waals surface area contributed by atoms with Crippen LogP contribution in [0, 0.1) is 0 Å². The average molecular weight is 330 g/mol. The van der Waals surface area contributed by atoms with Gasteiger partial charge >= 0.3 is 5.69 Å². The molecule has 0 aliphatic heterocycles. The van der Waals surface area contributed by atoms with Crippen LogP contribution in [0.2, 0.25) is 0 Å². The maximum Gasteiger partial charge on any atom is 0.329 e. The van der Waals surface area contributed by atoms with E-state index in [2.05, 4.69) is 20.5 Å². The van der Waals surface area contributed by atoms with Crippen molar-refractivity contribution in [1.82, 2.24) is 19.1 Å². The number of hydrogen-bond donors (Lipinski definition) is 4. The lowest BCUT2D eigenvalue weighted by Gasteiger charge is -2.01. The zero-order valence-electron chi connectivity index (χ0n) is 12.8. The monoisotopic (exact) mass is 330 g/mol. The van der Waals surface area contributed by atoms with Crippen molar-refractivity contribution in [3.63, 3.8) is 0 Å². The summed E-state index contributed by atoms with van der Waals surface area (Å²) in [6.45, 7) is 0. The van der Waals surface area contributed by atoms with Crippen molar-refractivity contribution in [2.24, 2.45) is 19.2 Å². The minimum absolute atomic E-state index is 0.0619. The number of imidazole rings is 1. The van der Waals surface area contributed by atoms with Crippen molar-refractivity contribution in [1.29, 1.82) is 0 Å². The molecule has 0 bridgehead atoms. The fourth-order valence-electron chi connectivity index (χ4n) is 2.21. The van der Waals surface area contributed by atoms with Crippen LogP contribution < -0.4 is 16.7 Å². The van der Waals surface area contributed by atoms with Crippen LogP contribution in [0.5, 0.6) is 11.5 Å². The lowest BCUT2D eigenvalue weighted by atomic mass is 10.2. The van der Waals surface area contributed by atoms with Gasteiger partial charge in [-0.3, -0.25) is 14.3 Å². The van der Waals surface area contributed by atoms with Gasteiger partial charge in [-0.15, -0.1) is 0 Å². The predicted octanol–water partition coefficient (Wildman–Crippen LogP) is -0.183. The number of aromatic nitrogens is 4. The van der Waals surface area contributed by atoms with Crippen LogP contribution in [0.3, 0.4) is 0 Å². The van der Waals surface area contributed by atoms with Crippen LogP contribution >= 0.6 is 0 Å². The van der Waals surface area contributed by atoms with Gasteiger partial charge in [0.1, 0.15) is 11.5 Å². The lowest BCUT2D eigenvalue weighted by molar-refractivity contribution is 0.450. The van der Waals surface area contributed by atoms with E-state index in [-0.39, 0.29) is 28.6 Å². The number of rotatable bonds is 3. The first-order valence-electron chi connectivity index (χ1n) is 6.85. The minimum Gasteiger partial charge on any atom is -0.508 e. The zero-order valence-corrected chi connectivity index (χ0v) is 12.8. The molecule has 10 nitrogen and oxygen atoms in total. The van der Waals surface area contributed by atoms with Crippen molar-refractivity contribution in [3.8, 4) is 11.5 Å². The van der Waals surface area contributed by atoms with E-state index in [1.807, 2.05) is 0 Å². The first kappa shape index (κ1) is 15.3. The molecular weight excluding hydrogens is 316 g/mol. The number of H-pyrrole nitrogens is 1. The zero-order chi connectivity index (χ0) is 17.4. The molecule has 3 rings (SSSR count). The van der Waals surface area contributed by atoms with Crippen molar-refractivity contribution < 1.29 is 10.2 Å². The van der Waals surface area contributed by atoms with Gasteiger partial charge in [-0.2, -0.15) is 10.1 Å². The molecule has 0 amide bonds. The van der Waals surface area contributed by atoms with E-state index in [0.717, 1.165) is 0 Å². The van der Waals surface area contributed by atoms with Gasteiger partial charge in [-0.1, -0.05) is 0 Å². The maximum absolute atomic E-state index is 11.9. The topological polar surface area (TPSA) is 138 Å². The summed E-state index contributed by atoms with van der Waals surface area (Å²) >= 11 is 0. The largest absolute Gasteiger partial charge is 0.508 e. The number of aromatic hydroxyl groups is 2. The van der Waals surface area contributed by atoms with E-state index in [4.69, 9.17) is 0 Å². The van der Waals surface area contributed by atoms with Crippen LogP contribution in [0.1, 0.15) is 5.56 Å². The van der Waals surface area contributed by atoms with Crippen LogP contribution in [0.15, 0.2) is 32.9 Å². The van der Waals surface area contributed by atoms with E-state index >= 15 is 0 Å². The summed E-state index contributed by atoms with van der Waals surface area (Å²) in [6, 6.07) is 4.08. The number of phenolic OH excluding ortho intramolecular Hbond substituents is 2. The fraction of sp³-hybridized carbons (Fsp3) is 0.143. The molecule has 0 atom stereocenters. The molecule has 0 aliphatic carbocycles. The van der Waals surface area contributed by atoms with Crippen LogP contribution in [-0.2, 0) is 14.1 Å². The fourth-order valence-corrected chi connectivity index (χ4v) is 2.21. The molecule has 124 valence electrons. The van der Waals surface area contributed by atoms with E-state index in [0.29, 0.717) is 5.56 Å². The summed E-state index contributed by atoms with van der Waals surface area (Å²) in [7, 11) is 3.10. The first-order chi connectivity index (χ1) is 11.4. The molecular formula is C14H14N6O4. The summed E-state index contributed by atoms with van der Waals surface area (Å²) in [5.74, 6) is 0.0451. The second kappa shape index (κ2) is 5.57. The van der Waals surface area contributed by atoms with Crippen molar-refractivity contribution in [2.75, 3.05) is 5.43 Å². The molecule has 4 N–H and O–H groups in total. The number of phenols is 2. The van der Waals surface area contributed by atoms with Crippen LogP contribution in [0.25, 0.3) is 11.2 Å². The Morgan fingerprint density at radius 1 is 1.25 bits per heavy atom. The number of aromatic amines is 1. The Labute approximate surface area is 134 Å². The van der Waals surface area contributed by atoms with Gasteiger partial charge in [0.25, 0.3) is 5.56 Å². The lowest BCUT2D eigenvalue weighted by Crippen LogP contribution is -2.29. The Balaban J connectivity index is 1.96. The number of fused-ring (bicyclic) bond motifs is 1. The molecule has 0 spiro atoms. The molecule has 1 aromatic carbocycles. The molecule has 0 aliphatic rings. The highest BCUT2D eigenvalue weighted by molar-refractivity contribution is 5.84. The van der Waals surface area contributed by atoms with Gasteiger partial charge in [-0.05, 0) is 12.1 Å². The first-order valence-corrected chi connectivity index (χ1v) is 6.85. The Morgan fingerprint density at radius 2 is 2.00 bits per heavy atom. The van der Waals surface area contributed by atoms with Crippen LogP contribution in [0.4, 0.5) is 5.95 Å². The third-order valence-corrected chi connectivity index (χ3v) is 3.52. The van der Waals surface area contributed by atoms with Crippen LogP contribution in [-0.4, -0.2) is 35.5 Å². The van der Waals surface area contributed by atoms with Gasteiger partial charge in [-0.25, -0.2) is 10.2 Å². The molecule has 2 heterocycles. The highest BCUT2D eigenvalue weighted by Gasteiger charge is 2.14. The number of benzene rings is 1. The molecule has 0 fully saturated rings. The Morgan fingerprint density at radius 3 is 2.71 bits per heavy atom. The normalized spacial score (nSPS) is 11.4. The molecule has 0 saturated carbocycles. The molecule has 0 saturated heterocycles. The number of aryl methyl sites for hydroxylation is 2. The molecule has 24 heavy (non-hydrogen) atoms. The van der Waals surface area contributed by atoms with Crippen molar-refractivity contribution >= 4 is 23.3 Å². The average Bonchev–Trinajstić information content (AvgIpc) is 2.85. The summed E-state index contributed by atoms with van der Waals surface area (Å²) in [5.41, 5.74) is 2.36. The number of hydrogen-bond acceptors (Lipinski definition) is 7. The standard InChI is InChI=1S/C14H14N6O4/c1-19-10-11(20(2)14(24)17-12(10)23)16-13(19)18-15-6-7-3-4-8(21)5-9(7)22/h3-6,21-22H,1-2H3,(H,16,18)(H,17,23,24). The smallest absolute Gasteiger partial charge is 0.329 e. The summed E-state index contributed by atoms with van der Waals surface area (Å²) in [5, 5.41) is 22.9. The van der Waals surface area contributed by atoms with Crippen molar-refractivity contribution in [3.05, 3.63) is 44.6 Å². The quantitative estimate of drug-likeness (QED) is 0.388. The molecule has 10 heteroatoms. The minimum atomic E-state index is -0.560. The Bertz CT molecular complexity index is 1080. The molecule has 3 aromatic rings. The summed E-state index contributed by atoms with van der Waals surface area (Å²) in [6.07, 6.45) is 1.33. The second-order valence-corrected chi connectivity index (χ2v) is 5.10. The Kier molecular flexibility index (Phi) is 3.56. The van der Waals surface area contributed by atoms with E-state index < -0.39 is 11.2 Å². The Hall–Kier alpha value is -3.56. The SMILES string of the molecule is Cn1c(NN=Cc2ccc(O)cc2O)nc2c1c(=O)[nH]c(=O)n2C. The van der Waals surface area contributed by atoms with Gasteiger partial charge in [0.05, 0.1) is 6.21 Å². The predicted molar refractivity (Wildman–Crippen MR) is 87.6 cm³/mol. The second-order valence-electron chi connectivity index (χ2n) is 5.10. The van der Waals surface area contributed by atoms with Crippen molar-refractivity contribution in [2.45, 2.75) is 0 Å². The van der Waals surface area contributed by atoms with E-state index in [1.54, 1.807) is 7.05 Å². The number of nitrogens with zero attached hydrogens (tertiary/aromatic N) is 4. The van der Waals surface area contributed by atoms with Gasteiger partial charge in [0.15, 0.2) is 11.2 Å².